The fourth-order valence-corrected chi connectivity index (χ4v) is 3.37. The fraction of sp³-hybridized carbons (Fsp3) is 0.304. The molecule has 2 aromatic rings. The molecule has 124 valence electrons. The van der Waals surface area contributed by atoms with Crippen LogP contribution < -0.4 is 0 Å². The standard InChI is InChI=1S/C23H26O/c1-18-21(14-19-10-6-4-7-11-19)15-22(16-23(18,2)3)24-17-20-12-8-5-9-13-20/h4-14,22H,1,15-17H2,2-3H3/b21-14-. The molecule has 1 aliphatic carbocycles. The molecule has 2 aromatic carbocycles. The molecule has 1 nitrogen and oxygen atoms in total. The van der Waals surface area contributed by atoms with Crippen molar-refractivity contribution in [3.8, 4) is 0 Å². The zero-order chi connectivity index (χ0) is 17.0. The van der Waals surface area contributed by atoms with Gasteiger partial charge >= 0.3 is 0 Å². The van der Waals surface area contributed by atoms with Crippen LogP contribution in [0.25, 0.3) is 6.08 Å². The van der Waals surface area contributed by atoms with E-state index in [2.05, 4.69) is 75.0 Å². The van der Waals surface area contributed by atoms with E-state index in [1.54, 1.807) is 0 Å². The third kappa shape index (κ3) is 4.04. The summed E-state index contributed by atoms with van der Waals surface area (Å²) in [7, 11) is 0. The van der Waals surface area contributed by atoms with Crippen LogP contribution in [-0.2, 0) is 11.3 Å². The van der Waals surface area contributed by atoms with Crippen molar-refractivity contribution < 1.29 is 4.74 Å². The molecule has 0 radical (unpaired) electrons. The lowest BCUT2D eigenvalue weighted by atomic mass is 9.70. The van der Waals surface area contributed by atoms with Gasteiger partial charge in [-0.05, 0) is 40.5 Å². The number of allylic oxidation sites excluding steroid dienone is 1. The van der Waals surface area contributed by atoms with Crippen LogP contribution in [0.3, 0.4) is 0 Å². The van der Waals surface area contributed by atoms with Crippen LogP contribution in [0, 0.1) is 5.41 Å². The van der Waals surface area contributed by atoms with Crippen molar-refractivity contribution in [3.05, 3.63) is 89.5 Å². The molecule has 1 fully saturated rings. The zero-order valence-corrected chi connectivity index (χ0v) is 14.7. The van der Waals surface area contributed by atoms with Crippen LogP contribution >= 0.6 is 0 Å². The van der Waals surface area contributed by atoms with E-state index < -0.39 is 0 Å². The van der Waals surface area contributed by atoms with E-state index >= 15 is 0 Å². The highest BCUT2D eigenvalue weighted by Crippen LogP contribution is 2.44. The van der Waals surface area contributed by atoms with Crippen molar-refractivity contribution in [2.75, 3.05) is 0 Å². The van der Waals surface area contributed by atoms with E-state index in [9.17, 15) is 0 Å². The second-order valence-electron chi connectivity index (χ2n) is 7.27. The topological polar surface area (TPSA) is 9.23 Å². The van der Waals surface area contributed by atoms with Crippen LogP contribution in [-0.4, -0.2) is 6.10 Å². The lowest BCUT2D eigenvalue weighted by molar-refractivity contribution is 0.0105. The summed E-state index contributed by atoms with van der Waals surface area (Å²) >= 11 is 0. The number of hydrogen-bond donors (Lipinski definition) is 0. The third-order valence-corrected chi connectivity index (χ3v) is 4.86. The summed E-state index contributed by atoms with van der Waals surface area (Å²) in [4.78, 5) is 0. The normalized spacial score (nSPS) is 21.8. The Balaban J connectivity index is 1.75. The Morgan fingerprint density at radius 2 is 1.67 bits per heavy atom. The first kappa shape index (κ1) is 16.7. The summed E-state index contributed by atoms with van der Waals surface area (Å²) in [5.74, 6) is 0. The molecule has 1 aliphatic rings. The summed E-state index contributed by atoms with van der Waals surface area (Å²) in [6.07, 6.45) is 4.46. The lowest BCUT2D eigenvalue weighted by Crippen LogP contribution is -2.31. The van der Waals surface area contributed by atoms with Gasteiger partial charge in [0.25, 0.3) is 0 Å². The lowest BCUT2D eigenvalue weighted by Gasteiger charge is -2.39. The Bertz CT molecular complexity index is 710. The van der Waals surface area contributed by atoms with E-state index in [1.807, 2.05) is 12.1 Å². The first-order valence-corrected chi connectivity index (χ1v) is 8.65. The third-order valence-electron chi connectivity index (χ3n) is 4.86. The summed E-state index contributed by atoms with van der Waals surface area (Å²) < 4.78 is 6.24. The maximum Gasteiger partial charge on any atom is 0.0720 e. The minimum atomic E-state index is 0.0697. The average Bonchev–Trinajstić information content (AvgIpc) is 2.59. The van der Waals surface area contributed by atoms with Crippen molar-refractivity contribution in [1.29, 1.82) is 0 Å². The molecule has 1 saturated carbocycles. The maximum atomic E-state index is 6.24. The van der Waals surface area contributed by atoms with Gasteiger partial charge in [0.05, 0.1) is 12.7 Å². The molecule has 0 aromatic heterocycles. The molecule has 0 N–H and O–H groups in total. The van der Waals surface area contributed by atoms with E-state index in [0.29, 0.717) is 6.61 Å². The van der Waals surface area contributed by atoms with Gasteiger partial charge in [0.2, 0.25) is 0 Å². The summed E-state index contributed by atoms with van der Waals surface area (Å²) in [6.45, 7) is 9.59. The molecule has 0 amide bonds. The van der Waals surface area contributed by atoms with Crippen LogP contribution in [0.2, 0.25) is 0 Å². The smallest absolute Gasteiger partial charge is 0.0720 e. The van der Waals surface area contributed by atoms with Gasteiger partial charge in [0.15, 0.2) is 0 Å². The van der Waals surface area contributed by atoms with E-state index in [4.69, 9.17) is 4.74 Å². The van der Waals surface area contributed by atoms with Crippen molar-refractivity contribution in [2.24, 2.45) is 5.41 Å². The molecule has 1 unspecified atom stereocenters. The minimum absolute atomic E-state index is 0.0697. The molecule has 0 saturated heterocycles. The number of ether oxygens (including phenoxy) is 1. The Hall–Kier alpha value is -2.12. The van der Waals surface area contributed by atoms with Gasteiger partial charge in [0, 0.05) is 0 Å². The average molecular weight is 318 g/mol. The molecular weight excluding hydrogens is 292 g/mol. The van der Waals surface area contributed by atoms with E-state index in [1.165, 1.54) is 22.3 Å². The van der Waals surface area contributed by atoms with Gasteiger partial charge in [0.1, 0.15) is 0 Å². The largest absolute Gasteiger partial charge is 0.373 e. The highest BCUT2D eigenvalue weighted by Gasteiger charge is 2.34. The van der Waals surface area contributed by atoms with E-state index in [0.717, 1.165) is 12.8 Å². The van der Waals surface area contributed by atoms with Gasteiger partial charge < -0.3 is 4.74 Å². The SMILES string of the molecule is C=C1/C(=C\c2ccccc2)CC(OCc2ccccc2)CC1(C)C. The molecule has 24 heavy (non-hydrogen) atoms. The predicted octanol–water partition coefficient (Wildman–Crippen LogP) is 6.03. The highest BCUT2D eigenvalue weighted by molar-refractivity contribution is 5.59. The van der Waals surface area contributed by atoms with Gasteiger partial charge in [-0.1, -0.05) is 87.2 Å². The molecule has 3 rings (SSSR count). The second kappa shape index (κ2) is 7.19. The van der Waals surface area contributed by atoms with Gasteiger partial charge in [-0.15, -0.1) is 0 Å². The molecule has 0 spiro atoms. The van der Waals surface area contributed by atoms with Crippen molar-refractivity contribution in [3.63, 3.8) is 0 Å². The first-order chi connectivity index (χ1) is 11.5. The maximum absolute atomic E-state index is 6.24. The fourth-order valence-electron chi connectivity index (χ4n) is 3.37. The molecule has 1 heteroatoms. The molecular formula is C23H26O. The Kier molecular flexibility index (Phi) is 5.01. The van der Waals surface area contributed by atoms with Crippen LogP contribution in [0.5, 0.6) is 0 Å². The summed E-state index contributed by atoms with van der Waals surface area (Å²) in [5.41, 5.74) is 5.09. The summed E-state index contributed by atoms with van der Waals surface area (Å²) in [5, 5.41) is 0. The van der Waals surface area contributed by atoms with Gasteiger partial charge in [-0.2, -0.15) is 0 Å². The zero-order valence-electron chi connectivity index (χ0n) is 14.7. The van der Waals surface area contributed by atoms with Crippen molar-refractivity contribution in [2.45, 2.75) is 39.4 Å². The highest BCUT2D eigenvalue weighted by atomic mass is 16.5. The minimum Gasteiger partial charge on any atom is -0.373 e. The van der Waals surface area contributed by atoms with Gasteiger partial charge in [-0.25, -0.2) is 0 Å². The van der Waals surface area contributed by atoms with Gasteiger partial charge in [-0.3, -0.25) is 0 Å². The molecule has 0 heterocycles. The molecule has 0 bridgehead atoms. The predicted molar refractivity (Wildman–Crippen MR) is 102 cm³/mol. The van der Waals surface area contributed by atoms with Crippen LogP contribution in [0.1, 0.15) is 37.8 Å². The van der Waals surface area contributed by atoms with Crippen molar-refractivity contribution >= 4 is 6.08 Å². The second-order valence-corrected chi connectivity index (χ2v) is 7.27. The molecule has 0 aliphatic heterocycles. The van der Waals surface area contributed by atoms with Crippen molar-refractivity contribution in [1.82, 2.24) is 0 Å². The number of hydrogen-bond acceptors (Lipinski definition) is 1. The number of rotatable bonds is 4. The van der Waals surface area contributed by atoms with Crippen LogP contribution in [0.4, 0.5) is 0 Å². The Morgan fingerprint density at radius 1 is 1.04 bits per heavy atom. The Morgan fingerprint density at radius 3 is 2.33 bits per heavy atom. The first-order valence-electron chi connectivity index (χ1n) is 8.65. The Labute approximate surface area is 145 Å². The quantitative estimate of drug-likeness (QED) is 0.668. The molecule has 1 atom stereocenters. The number of benzene rings is 2. The van der Waals surface area contributed by atoms with E-state index in [-0.39, 0.29) is 11.5 Å². The monoisotopic (exact) mass is 318 g/mol. The van der Waals surface area contributed by atoms with Crippen LogP contribution in [0.15, 0.2) is 78.4 Å². The summed E-state index contributed by atoms with van der Waals surface area (Å²) in [6, 6.07) is 20.9.